The first-order chi connectivity index (χ1) is 13.7. The van der Waals surface area contributed by atoms with Gasteiger partial charge in [-0.25, -0.2) is 0 Å². The molecule has 2 aliphatic rings. The summed E-state index contributed by atoms with van der Waals surface area (Å²) in [5.41, 5.74) is 5.78. The Labute approximate surface area is 171 Å². The third-order valence-electron chi connectivity index (χ3n) is 5.77. The van der Waals surface area contributed by atoms with Crippen LogP contribution in [-0.4, -0.2) is 29.1 Å². The van der Waals surface area contributed by atoms with E-state index in [-0.39, 0.29) is 11.8 Å². The van der Waals surface area contributed by atoms with Crippen LogP contribution in [0.3, 0.4) is 0 Å². The van der Waals surface area contributed by atoms with Gasteiger partial charge in [0.15, 0.2) is 0 Å². The zero-order chi connectivity index (χ0) is 19.3. The van der Waals surface area contributed by atoms with E-state index in [1.54, 1.807) is 0 Å². The number of likely N-dealkylation sites (tertiary alicyclic amines) is 1. The number of anilines is 1. The molecule has 2 aromatic carbocycles. The molecule has 1 heterocycles. The molecule has 0 unspecified atom stereocenters. The topological polar surface area (TPSA) is 44.7 Å². The molecule has 0 aromatic heterocycles. The van der Waals surface area contributed by atoms with Crippen LogP contribution in [0.2, 0.25) is 5.02 Å². The molecule has 1 saturated heterocycles. The molecule has 1 N–H and O–H groups in total. The second kappa shape index (κ2) is 8.78. The number of halogens is 1. The fourth-order valence-electron chi connectivity index (χ4n) is 4.28. The summed E-state index contributed by atoms with van der Waals surface area (Å²) in [6, 6.07) is 18.1. The van der Waals surface area contributed by atoms with E-state index in [2.05, 4.69) is 27.6 Å². The lowest BCUT2D eigenvalue weighted by Crippen LogP contribution is -2.39. The molecule has 0 radical (unpaired) electrons. The summed E-state index contributed by atoms with van der Waals surface area (Å²) in [4.78, 5) is 15.3. The molecule has 1 amide bonds. The van der Waals surface area contributed by atoms with Crippen LogP contribution in [0.4, 0.5) is 5.69 Å². The quantitative estimate of drug-likeness (QED) is 0.712. The fraction of sp³-hybridized carbons (Fsp3) is 0.391. The highest BCUT2D eigenvalue weighted by atomic mass is 35.5. The van der Waals surface area contributed by atoms with Crippen molar-refractivity contribution in [1.82, 2.24) is 4.90 Å². The molecule has 0 spiro atoms. The number of hydrogen-bond acceptors (Lipinski definition) is 3. The maximum atomic E-state index is 13.2. The highest BCUT2D eigenvalue weighted by Crippen LogP contribution is 2.29. The highest BCUT2D eigenvalue weighted by molar-refractivity contribution is 6.41. The van der Waals surface area contributed by atoms with Gasteiger partial charge in [0.25, 0.3) is 5.91 Å². The Morgan fingerprint density at radius 2 is 1.71 bits per heavy atom. The van der Waals surface area contributed by atoms with Gasteiger partial charge in [0.05, 0.1) is 5.69 Å². The van der Waals surface area contributed by atoms with E-state index in [0.717, 1.165) is 31.5 Å². The Morgan fingerprint density at radius 3 is 2.43 bits per heavy atom. The molecule has 146 valence electrons. The predicted octanol–water partition coefficient (Wildman–Crippen LogP) is 5.14. The van der Waals surface area contributed by atoms with Crippen molar-refractivity contribution in [3.8, 4) is 0 Å². The predicted molar refractivity (Wildman–Crippen MR) is 115 cm³/mol. The number of amides is 1. The maximum absolute atomic E-state index is 13.2. The van der Waals surface area contributed by atoms with E-state index in [1.807, 2.05) is 42.5 Å². The Morgan fingerprint density at radius 1 is 1.00 bits per heavy atom. The lowest BCUT2D eigenvalue weighted by Gasteiger charge is -2.30. The second-order valence-electron chi connectivity index (χ2n) is 7.75. The molecule has 1 atom stereocenters. The van der Waals surface area contributed by atoms with Crippen molar-refractivity contribution in [2.24, 2.45) is 11.0 Å². The van der Waals surface area contributed by atoms with Crippen LogP contribution in [0.5, 0.6) is 0 Å². The average molecular weight is 396 g/mol. The van der Waals surface area contributed by atoms with Gasteiger partial charge in [-0.15, -0.1) is 0 Å². The van der Waals surface area contributed by atoms with Gasteiger partial charge < -0.3 is 4.90 Å². The molecule has 1 aliphatic carbocycles. The smallest absolute Gasteiger partial charge is 0.270 e. The van der Waals surface area contributed by atoms with Gasteiger partial charge in [-0.3, -0.25) is 10.2 Å². The summed E-state index contributed by atoms with van der Waals surface area (Å²) in [6.45, 7) is 0.763. The van der Waals surface area contributed by atoms with Crippen LogP contribution in [0.15, 0.2) is 59.7 Å². The van der Waals surface area contributed by atoms with E-state index in [0.29, 0.717) is 16.8 Å². The number of hydrogen-bond donors (Lipinski definition) is 1. The Kier molecular flexibility index (Phi) is 5.96. The Bertz CT molecular complexity index is 829. The minimum atomic E-state index is 0.0919. The first-order valence-electron chi connectivity index (χ1n) is 10.1. The monoisotopic (exact) mass is 395 g/mol. The molecule has 2 fully saturated rings. The first kappa shape index (κ1) is 19.0. The number of carbonyl (C=O) groups excluding carboxylic acids is 1. The third kappa shape index (κ3) is 4.39. The highest BCUT2D eigenvalue weighted by Gasteiger charge is 2.40. The molecular weight excluding hydrogens is 370 g/mol. The van der Waals surface area contributed by atoms with Crippen LogP contribution >= 0.6 is 11.6 Å². The van der Waals surface area contributed by atoms with Gasteiger partial charge >= 0.3 is 0 Å². The zero-order valence-electron chi connectivity index (χ0n) is 16.0. The summed E-state index contributed by atoms with van der Waals surface area (Å²) < 4.78 is 0. The van der Waals surface area contributed by atoms with E-state index in [4.69, 9.17) is 11.6 Å². The average Bonchev–Trinajstić information content (AvgIpc) is 3.04. The lowest BCUT2D eigenvalue weighted by molar-refractivity contribution is -0.125. The van der Waals surface area contributed by atoms with Crippen molar-refractivity contribution in [2.45, 2.75) is 44.6 Å². The Balaban J connectivity index is 1.55. The maximum Gasteiger partial charge on any atom is 0.270 e. The number of carbonyl (C=O) groups is 1. The molecular formula is C23H26ClN3O. The van der Waals surface area contributed by atoms with Crippen molar-refractivity contribution >= 4 is 28.9 Å². The summed E-state index contributed by atoms with van der Waals surface area (Å²) in [5, 5.41) is 5.24. The van der Waals surface area contributed by atoms with Gasteiger partial charge in [0.1, 0.15) is 5.71 Å². The normalized spacial score (nSPS) is 22.0. The zero-order valence-corrected chi connectivity index (χ0v) is 16.7. The van der Waals surface area contributed by atoms with Crippen LogP contribution in [0.1, 0.15) is 37.7 Å². The number of nitrogens with one attached hydrogen (secondary N) is 1. The van der Waals surface area contributed by atoms with Crippen molar-refractivity contribution in [2.75, 3.05) is 12.0 Å². The summed E-state index contributed by atoms with van der Waals surface area (Å²) in [7, 11) is 0. The van der Waals surface area contributed by atoms with E-state index >= 15 is 0 Å². The number of rotatable bonds is 5. The Hall–Kier alpha value is -2.33. The van der Waals surface area contributed by atoms with Crippen molar-refractivity contribution in [1.29, 1.82) is 0 Å². The number of hydrazone groups is 1. The van der Waals surface area contributed by atoms with Gasteiger partial charge in [0, 0.05) is 23.5 Å². The number of nitrogens with zero attached hydrogens (tertiary/aromatic N) is 2. The van der Waals surface area contributed by atoms with Crippen molar-refractivity contribution in [3.05, 3.63) is 65.2 Å². The van der Waals surface area contributed by atoms with Gasteiger partial charge in [0.2, 0.25) is 0 Å². The molecule has 4 rings (SSSR count). The molecule has 4 nitrogen and oxygen atoms in total. The van der Waals surface area contributed by atoms with Crippen LogP contribution < -0.4 is 5.43 Å². The van der Waals surface area contributed by atoms with Crippen LogP contribution in [0, 0.1) is 5.92 Å². The fourth-order valence-corrected chi connectivity index (χ4v) is 4.41. The molecule has 0 bridgehead atoms. The van der Waals surface area contributed by atoms with Gasteiger partial charge in [-0.2, -0.15) is 5.10 Å². The second-order valence-corrected chi connectivity index (χ2v) is 8.19. The largest absolute Gasteiger partial charge is 0.334 e. The van der Waals surface area contributed by atoms with E-state index in [9.17, 15) is 4.79 Å². The summed E-state index contributed by atoms with van der Waals surface area (Å²) >= 11 is 5.96. The third-order valence-corrected chi connectivity index (χ3v) is 6.03. The minimum Gasteiger partial charge on any atom is -0.334 e. The van der Waals surface area contributed by atoms with Crippen LogP contribution in [0.25, 0.3) is 0 Å². The standard InChI is InChI=1S/C23H26ClN3O/c24-19-11-13-20(14-12-19)25-26-22-18(15-17-7-3-1-4-8-17)16-27(23(22)28)21-9-5-2-6-10-21/h1,3-4,7-8,11-14,18,21,25H,2,5-6,9-10,15-16H2/b26-22+/t18-/m1/s1. The van der Waals surface area contributed by atoms with Gasteiger partial charge in [-0.1, -0.05) is 61.2 Å². The molecule has 5 heteroatoms. The van der Waals surface area contributed by atoms with Crippen molar-refractivity contribution < 1.29 is 4.79 Å². The number of benzene rings is 2. The molecule has 1 aliphatic heterocycles. The SMILES string of the molecule is O=C1/C(=N/Nc2ccc(Cl)cc2)[C@H](Cc2ccccc2)CN1C1CCCCC1. The minimum absolute atomic E-state index is 0.0919. The van der Waals surface area contributed by atoms with E-state index in [1.165, 1.54) is 24.8 Å². The van der Waals surface area contributed by atoms with E-state index < -0.39 is 0 Å². The first-order valence-corrected chi connectivity index (χ1v) is 10.5. The van der Waals surface area contributed by atoms with Crippen molar-refractivity contribution in [3.63, 3.8) is 0 Å². The molecule has 2 aromatic rings. The van der Waals surface area contributed by atoms with Crippen LogP contribution in [-0.2, 0) is 11.2 Å². The molecule has 1 saturated carbocycles. The summed E-state index contributed by atoms with van der Waals surface area (Å²) in [6.07, 6.45) is 6.77. The molecule has 28 heavy (non-hydrogen) atoms. The lowest BCUT2D eigenvalue weighted by atomic mass is 9.94. The summed E-state index contributed by atoms with van der Waals surface area (Å²) in [5.74, 6) is 0.200. The van der Waals surface area contributed by atoms with Gasteiger partial charge in [-0.05, 0) is 49.1 Å².